The molecule has 3 heterocycles. The number of aromatic nitrogens is 5. The van der Waals surface area contributed by atoms with E-state index in [0.29, 0.717) is 18.7 Å². The third-order valence-electron chi connectivity index (χ3n) is 5.02. The minimum Gasteiger partial charge on any atom is -0.369 e. The summed E-state index contributed by atoms with van der Waals surface area (Å²) in [6, 6.07) is 0. The quantitative estimate of drug-likeness (QED) is 0.902. The third kappa shape index (κ3) is 2.41. The fourth-order valence-electron chi connectivity index (χ4n) is 3.57. The summed E-state index contributed by atoms with van der Waals surface area (Å²) in [5.41, 5.74) is 2.40. The molecule has 1 aliphatic heterocycles. The lowest BCUT2D eigenvalue weighted by Crippen LogP contribution is -2.37. The molecule has 0 unspecified atom stereocenters. The van der Waals surface area contributed by atoms with Crippen LogP contribution in [0.3, 0.4) is 0 Å². The summed E-state index contributed by atoms with van der Waals surface area (Å²) in [4.78, 5) is 12.8. The number of amides is 1. The molecule has 1 saturated carbocycles. The van der Waals surface area contributed by atoms with Crippen LogP contribution in [0, 0.1) is 0 Å². The molecule has 0 spiro atoms. The van der Waals surface area contributed by atoms with Gasteiger partial charge in [0.05, 0.1) is 29.6 Å². The van der Waals surface area contributed by atoms with Crippen LogP contribution in [0.25, 0.3) is 0 Å². The van der Waals surface area contributed by atoms with Crippen LogP contribution >= 0.6 is 0 Å². The Balaban J connectivity index is 1.54. The summed E-state index contributed by atoms with van der Waals surface area (Å²) in [7, 11) is 1.81. The maximum Gasteiger partial charge on any atom is 0.269 e. The maximum absolute atomic E-state index is 12.8. The largest absolute Gasteiger partial charge is 0.369 e. The fourth-order valence-corrected chi connectivity index (χ4v) is 3.57. The Bertz CT molecular complexity index is 762. The zero-order valence-electron chi connectivity index (χ0n) is 14.2. The average molecular weight is 330 g/mol. The van der Waals surface area contributed by atoms with Crippen LogP contribution in [0.5, 0.6) is 0 Å². The Hall–Kier alpha value is -2.22. The summed E-state index contributed by atoms with van der Waals surface area (Å²) in [5.74, 6) is -0.0843. The lowest BCUT2D eigenvalue weighted by atomic mass is 9.99. The standard InChI is InChI=1S/C16H22N6O2/c1-10-8-12-13(11(2)24-10)19-21(3)14(12)15(23)17-9-16(4-5-16)22-7-6-18-20-22/h6-7,10-11H,4-5,8-9H2,1-3H3,(H,17,23)/t10-,11+/m1/s1. The van der Waals surface area contributed by atoms with Gasteiger partial charge in [-0.3, -0.25) is 9.48 Å². The lowest BCUT2D eigenvalue weighted by Gasteiger charge is -2.24. The van der Waals surface area contributed by atoms with E-state index < -0.39 is 0 Å². The zero-order valence-corrected chi connectivity index (χ0v) is 14.2. The van der Waals surface area contributed by atoms with Gasteiger partial charge in [-0.1, -0.05) is 5.21 Å². The number of aryl methyl sites for hydroxylation is 1. The predicted octanol–water partition coefficient (Wildman–Crippen LogP) is 0.953. The molecule has 1 aliphatic carbocycles. The number of hydrogen-bond donors (Lipinski definition) is 1. The molecule has 0 aromatic carbocycles. The van der Waals surface area contributed by atoms with Gasteiger partial charge in [0.15, 0.2) is 0 Å². The van der Waals surface area contributed by atoms with Crippen molar-refractivity contribution in [2.75, 3.05) is 6.54 Å². The van der Waals surface area contributed by atoms with Gasteiger partial charge in [-0.05, 0) is 26.7 Å². The van der Waals surface area contributed by atoms with Gasteiger partial charge in [-0.25, -0.2) is 4.68 Å². The first kappa shape index (κ1) is 15.3. The highest BCUT2D eigenvalue weighted by atomic mass is 16.5. The SMILES string of the molecule is C[C@@H]1Cc2c(nn(C)c2C(=O)NCC2(n3ccnn3)CC2)[C@H](C)O1. The lowest BCUT2D eigenvalue weighted by molar-refractivity contribution is -0.00710. The van der Waals surface area contributed by atoms with Gasteiger partial charge in [0.2, 0.25) is 0 Å². The predicted molar refractivity (Wildman–Crippen MR) is 85.4 cm³/mol. The molecule has 8 nitrogen and oxygen atoms in total. The monoisotopic (exact) mass is 330 g/mol. The van der Waals surface area contributed by atoms with E-state index in [-0.39, 0.29) is 23.7 Å². The van der Waals surface area contributed by atoms with Crippen molar-refractivity contribution in [1.29, 1.82) is 0 Å². The summed E-state index contributed by atoms with van der Waals surface area (Å²) < 4.78 is 9.33. The smallest absolute Gasteiger partial charge is 0.269 e. The molecule has 4 rings (SSSR count). The number of nitrogens with one attached hydrogen (secondary N) is 1. The van der Waals surface area contributed by atoms with E-state index in [1.807, 2.05) is 31.8 Å². The van der Waals surface area contributed by atoms with E-state index in [9.17, 15) is 4.79 Å². The van der Waals surface area contributed by atoms with E-state index in [2.05, 4.69) is 20.7 Å². The summed E-state index contributed by atoms with van der Waals surface area (Å²) >= 11 is 0. The van der Waals surface area contributed by atoms with Crippen molar-refractivity contribution in [1.82, 2.24) is 30.1 Å². The number of nitrogens with zero attached hydrogens (tertiary/aromatic N) is 5. The molecule has 0 radical (unpaired) electrons. The second kappa shape index (κ2) is 5.41. The van der Waals surface area contributed by atoms with Crippen LogP contribution in [0.2, 0.25) is 0 Å². The van der Waals surface area contributed by atoms with Crippen LogP contribution in [-0.4, -0.2) is 43.3 Å². The molecule has 2 aromatic rings. The average Bonchev–Trinajstić information content (AvgIpc) is 2.96. The minimum absolute atomic E-state index is 0.0820. The Morgan fingerprint density at radius 3 is 2.92 bits per heavy atom. The Morgan fingerprint density at radius 2 is 2.25 bits per heavy atom. The number of carbonyl (C=O) groups excluding carboxylic acids is 1. The van der Waals surface area contributed by atoms with Gasteiger partial charge in [0.1, 0.15) is 5.69 Å². The zero-order chi connectivity index (χ0) is 16.9. The molecular weight excluding hydrogens is 308 g/mol. The number of carbonyl (C=O) groups is 1. The highest BCUT2D eigenvalue weighted by molar-refractivity contribution is 5.94. The molecule has 24 heavy (non-hydrogen) atoms. The summed E-state index contributed by atoms with van der Waals surface area (Å²) in [6.45, 7) is 4.56. The molecule has 1 N–H and O–H groups in total. The Labute approximate surface area is 140 Å². The highest BCUT2D eigenvalue weighted by Crippen LogP contribution is 2.42. The first-order chi connectivity index (χ1) is 11.5. The molecule has 0 saturated heterocycles. The van der Waals surface area contributed by atoms with Crippen LogP contribution < -0.4 is 5.32 Å². The van der Waals surface area contributed by atoms with Crippen molar-refractivity contribution in [3.8, 4) is 0 Å². The van der Waals surface area contributed by atoms with Crippen molar-refractivity contribution >= 4 is 5.91 Å². The number of fused-ring (bicyclic) bond motifs is 1. The van der Waals surface area contributed by atoms with Gasteiger partial charge < -0.3 is 10.1 Å². The van der Waals surface area contributed by atoms with Crippen molar-refractivity contribution in [2.45, 2.75) is 50.9 Å². The molecule has 128 valence electrons. The topological polar surface area (TPSA) is 86.9 Å². The third-order valence-corrected chi connectivity index (χ3v) is 5.02. The van der Waals surface area contributed by atoms with Crippen molar-refractivity contribution < 1.29 is 9.53 Å². The second-order valence-electron chi connectivity index (χ2n) is 6.88. The molecule has 1 fully saturated rings. The molecule has 8 heteroatoms. The van der Waals surface area contributed by atoms with E-state index in [0.717, 1.165) is 24.1 Å². The Kier molecular flexibility index (Phi) is 3.45. The number of rotatable bonds is 4. The normalized spacial score (nSPS) is 24.5. The molecule has 2 atom stereocenters. The number of ether oxygens (including phenoxy) is 1. The van der Waals surface area contributed by atoms with Crippen LogP contribution in [0.1, 0.15) is 54.5 Å². The van der Waals surface area contributed by atoms with Crippen LogP contribution in [0.4, 0.5) is 0 Å². The first-order valence-electron chi connectivity index (χ1n) is 8.36. The van der Waals surface area contributed by atoms with E-state index in [1.165, 1.54) is 0 Å². The van der Waals surface area contributed by atoms with Gasteiger partial charge in [-0.15, -0.1) is 5.10 Å². The molecular formula is C16H22N6O2. The van der Waals surface area contributed by atoms with Gasteiger partial charge in [0.25, 0.3) is 5.91 Å². The number of hydrogen-bond acceptors (Lipinski definition) is 5. The van der Waals surface area contributed by atoms with Crippen molar-refractivity contribution in [3.05, 3.63) is 29.3 Å². The second-order valence-corrected chi connectivity index (χ2v) is 6.88. The van der Waals surface area contributed by atoms with Crippen molar-refractivity contribution in [2.24, 2.45) is 7.05 Å². The van der Waals surface area contributed by atoms with Crippen molar-refractivity contribution in [3.63, 3.8) is 0 Å². The Morgan fingerprint density at radius 1 is 1.46 bits per heavy atom. The molecule has 0 bridgehead atoms. The van der Waals surface area contributed by atoms with E-state index >= 15 is 0 Å². The maximum atomic E-state index is 12.8. The van der Waals surface area contributed by atoms with Gasteiger partial charge in [0, 0.05) is 31.8 Å². The molecule has 1 amide bonds. The first-order valence-corrected chi connectivity index (χ1v) is 8.36. The summed E-state index contributed by atoms with van der Waals surface area (Å²) in [6.07, 6.45) is 6.25. The fraction of sp³-hybridized carbons (Fsp3) is 0.625. The molecule has 2 aliphatic rings. The van der Waals surface area contributed by atoms with Gasteiger partial charge >= 0.3 is 0 Å². The molecule has 2 aromatic heterocycles. The van der Waals surface area contributed by atoms with Crippen LogP contribution in [-0.2, 0) is 23.7 Å². The van der Waals surface area contributed by atoms with E-state index in [4.69, 9.17) is 4.74 Å². The highest BCUT2D eigenvalue weighted by Gasteiger charge is 2.46. The van der Waals surface area contributed by atoms with E-state index in [1.54, 1.807) is 10.9 Å². The van der Waals surface area contributed by atoms with Crippen LogP contribution in [0.15, 0.2) is 12.4 Å². The summed E-state index contributed by atoms with van der Waals surface area (Å²) in [5, 5.41) is 15.5. The van der Waals surface area contributed by atoms with Gasteiger partial charge in [-0.2, -0.15) is 5.10 Å². The minimum atomic E-state index is -0.117.